The van der Waals surface area contributed by atoms with Crippen molar-refractivity contribution >= 4 is 11.6 Å². The van der Waals surface area contributed by atoms with Crippen LogP contribution in [0.2, 0.25) is 0 Å². The first-order valence-electron chi connectivity index (χ1n) is 8.24. The summed E-state index contributed by atoms with van der Waals surface area (Å²) >= 11 is 0. The maximum atomic E-state index is 12.5. The monoisotopic (exact) mass is 311 g/mol. The number of amides is 1. The Bertz CT molecular complexity index is 625. The van der Waals surface area contributed by atoms with Crippen molar-refractivity contribution in [1.82, 2.24) is 0 Å². The first-order valence-corrected chi connectivity index (χ1v) is 8.24. The van der Waals surface area contributed by atoms with Crippen LogP contribution in [0.1, 0.15) is 38.7 Å². The smallest absolute Gasteiger partial charge is 0.264 e. The molecule has 0 aliphatic rings. The van der Waals surface area contributed by atoms with Gasteiger partial charge in [0.2, 0.25) is 0 Å². The van der Waals surface area contributed by atoms with Crippen LogP contribution in [0.3, 0.4) is 0 Å². The van der Waals surface area contributed by atoms with Crippen molar-refractivity contribution in [2.24, 2.45) is 0 Å². The standard InChI is InChI=1S/C20H25NO2/c1-4-16(3)18-13-9-10-14-19(18)23-15-20(22)21(5-2)17-11-7-6-8-12-17/h6-14,16H,4-5,15H2,1-3H3. The van der Waals surface area contributed by atoms with Gasteiger partial charge in [0, 0.05) is 12.2 Å². The summed E-state index contributed by atoms with van der Waals surface area (Å²) in [6, 6.07) is 17.7. The molecule has 0 aliphatic carbocycles. The van der Waals surface area contributed by atoms with E-state index in [4.69, 9.17) is 4.74 Å². The average molecular weight is 311 g/mol. The molecule has 2 rings (SSSR count). The molecule has 0 spiro atoms. The Hall–Kier alpha value is -2.29. The fraction of sp³-hybridized carbons (Fsp3) is 0.350. The minimum absolute atomic E-state index is 0.0299. The van der Waals surface area contributed by atoms with Crippen molar-refractivity contribution in [2.75, 3.05) is 18.1 Å². The van der Waals surface area contributed by atoms with Gasteiger partial charge >= 0.3 is 0 Å². The Balaban J connectivity index is 2.07. The molecule has 0 aliphatic heterocycles. The number of anilines is 1. The van der Waals surface area contributed by atoms with E-state index in [-0.39, 0.29) is 12.5 Å². The molecule has 0 N–H and O–H groups in total. The second-order valence-corrected chi connectivity index (χ2v) is 5.61. The number of benzene rings is 2. The van der Waals surface area contributed by atoms with E-state index < -0.39 is 0 Å². The highest BCUT2D eigenvalue weighted by Gasteiger charge is 2.16. The summed E-state index contributed by atoms with van der Waals surface area (Å²) in [5.74, 6) is 1.19. The molecule has 1 amide bonds. The van der Waals surface area contributed by atoms with Crippen LogP contribution < -0.4 is 9.64 Å². The fourth-order valence-corrected chi connectivity index (χ4v) is 2.57. The number of hydrogen-bond acceptors (Lipinski definition) is 2. The maximum absolute atomic E-state index is 12.5. The van der Waals surface area contributed by atoms with Crippen LogP contribution in [-0.2, 0) is 4.79 Å². The fourth-order valence-electron chi connectivity index (χ4n) is 2.57. The number of hydrogen-bond donors (Lipinski definition) is 0. The van der Waals surface area contributed by atoms with Crippen LogP contribution >= 0.6 is 0 Å². The topological polar surface area (TPSA) is 29.5 Å². The van der Waals surface area contributed by atoms with E-state index in [0.29, 0.717) is 12.5 Å². The van der Waals surface area contributed by atoms with Gasteiger partial charge in [-0.15, -0.1) is 0 Å². The van der Waals surface area contributed by atoms with Crippen molar-refractivity contribution in [3.8, 4) is 5.75 Å². The van der Waals surface area contributed by atoms with E-state index in [9.17, 15) is 4.79 Å². The molecule has 0 bridgehead atoms. The molecular formula is C20H25NO2. The van der Waals surface area contributed by atoms with Gasteiger partial charge in [0.1, 0.15) is 5.75 Å². The molecule has 2 aromatic carbocycles. The highest BCUT2D eigenvalue weighted by Crippen LogP contribution is 2.28. The number of carbonyl (C=O) groups excluding carboxylic acids is 1. The Morgan fingerprint density at radius 3 is 2.35 bits per heavy atom. The molecule has 0 heterocycles. The van der Waals surface area contributed by atoms with Crippen molar-refractivity contribution in [2.45, 2.75) is 33.1 Å². The summed E-state index contributed by atoms with van der Waals surface area (Å²) < 4.78 is 5.83. The number of para-hydroxylation sites is 2. The van der Waals surface area contributed by atoms with Crippen molar-refractivity contribution in [3.63, 3.8) is 0 Å². The van der Waals surface area contributed by atoms with Crippen LogP contribution in [-0.4, -0.2) is 19.1 Å². The molecule has 0 saturated carbocycles. The second-order valence-electron chi connectivity index (χ2n) is 5.61. The molecule has 3 nitrogen and oxygen atoms in total. The number of nitrogens with zero attached hydrogens (tertiary/aromatic N) is 1. The molecule has 0 radical (unpaired) electrons. The van der Waals surface area contributed by atoms with E-state index in [0.717, 1.165) is 23.4 Å². The molecule has 23 heavy (non-hydrogen) atoms. The summed E-state index contributed by atoms with van der Waals surface area (Å²) in [6.45, 7) is 6.97. The van der Waals surface area contributed by atoms with Gasteiger partial charge in [-0.05, 0) is 43.0 Å². The summed E-state index contributed by atoms with van der Waals surface area (Å²) in [6.07, 6.45) is 1.04. The van der Waals surface area contributed by atoms with Gasteiger partial charge in [0.25, 0.3) is 5.91 Å². The van der Waals surface area contributed by atoms with Crippen LogP contribution in [0, 0.1) is 0 Å². The largest absolute Gasteiger partial charge is 0.483 e. The van der Waals surface area contributed by atoms with Gasteiger partial charge in [-0.2, -0.15) is 0 Å². The summed E-state index contributed by atoms with van der Waals surface area (Å²) in [4.78, 5) is 14.2. The minimum atomic E-state index is -0.0299. The summed E-state index contributed by atoms with van der Waals surface area (Å²) in [5, 5.41) is 0. The Morgan fingerprint density at radius 2 is 1.70 bits per heavy atom. The van der Waals surface area contributed by atoms with Gasteiger partial charge < -0.3 is 9.64 Å². The first kappa shape index (κ1) is 17.1. The Kier molecular flexibility index (Phi) is 6.21. The van der Waals surface area contributed by atoms with Gasteiger partial charge in [-0.1, -0.05) is 50.2 Å². The molecular weight excluding hydrogens is 286 g/mol. The molecule has 1 atom stereocenters. The Morgan fingerprint density at radius 1 is 1.04 bits per heavy atom. The molecule has 2 aromatic rings. The number of rotatable bonds is 7. The highest BCUT2D eigenvalue weighted by molar-refractivity contribution is 5.94. The van der Waals surface area contributed by atoms with Gasteiger partial charge in [-0.25, -0.2) is 0 Å². The third kappa shape index (κ3) is 4.35. The van der Waals surface area contributed by atoms with Gasteiger partial charge in [0.15, 0.2) is 6.61 Å². The molecule has 122 valence electrons. The number of carbonyl (C=O) groups is 1. The molecule has 0 fully saturated rings. The highest BCUT2D eigenvalue weighted by atomic mass is 16.5. The zero-order valence-corrected chi connectivity index (χ0v) is 14.2. The van der Waals surface area contributed by atoms with Crippen LogP contribution in [0.25, 0.3) is 0 Å². The quantitative estimate of drug-likeness (QED) is 0.746. The number of ether oxygens (including phenoxy) is 1. The SMILES string of the molecule is CCC(C)c1ccccc1OCC(=O)N(CC)c1ccccc1. The third-order valence-corrected chi connectivity index (χ3v) is 4.10. The van der Waals surface area contributed by atoms with E-state index in [2.05, 4.69) is 19.9 Å². The molecule has 1 unspecified atom stereocenters. The minimum Gasteiger partial charge on any atom is -0.483 e. The van der Waals surface area contributed by atoms with Crippen LogP contribution in [0.15, 0.2) is 54.6 Å². The third-order valence-electron chi connectivity index (χ3n) is 4.10. The lowest BCUT2D eigenvalue weighted by atomic mass is 9.98. The van der Waals surface area contributed by atoms with Crippen molar-refractivity contribution in [1.29, 1.82) is 0 Å². The van der Waals surface area contributed by atoms with Crippen molar-refractivity contribution < 1.29 is 9.53 Å². The molecule has 3 heteroatoms. The zero-order chi connectivity index (χ0) is 16.7. The van der Waals surface area contributed by atoms with E-state index in [1.165, 1.54) is 0 Å². The summed E-state index contributed by atoms with van der Waals surface area (Å²) in [7, 11) is 0. The number of likely N-dealkylation sites (N-methyl/N-ethyl adjacent to an activating group) is 1. The van der Waals surface area contributed by atoms with Gasteiger partial charge in [-0.3, -0.25) is 4.79 Å². The summed E-state index contributed by atoms with van der Waals surface area (Å²) in [5.41, 5.74) is 2.06. The molecule has 0 aromatic heterocycles. The second kappa shape index (κ2) is 8.37. The first-order chi connectivity index (χ1) is 11.2. The predicted octanol–water partition coefficient (Wildman–Crippen LogP) is 4.63. The lowest BCUT2D eigenvalue weighted by molar-refractivity contribution is -0.120. The molecule has 0 saturated heterocycles. The van der Waals surface area contributed by atoms with Crippen molar-refractivity contribution in [3.05, 3.63) is 60.2 Å². The normalized spacial score (nSPS) is 11.8. The predicted molar refractivity (Wildman–Crippen MR) is 95.1 cm³/mol. The van der Waals surface area contributed by atoms with E-state index in [1.54, 1.807) is 4.90 Å². The van der Waals surface area contributed by atoms with E-state index >= 15 is 0 Å². The average Bonchev–Trinajstić information content (AvgIpc) is 2.61. The maximum Gasteiger partial charge on any atom is 0.264 e. The zero-order valence-electron chi connectivity index (χ0n) is 14.2. The van der Waals surface area contributed by atoms with Gasteiger partial charge in [0.05, 0.1) is 0 Å². The van der Waals surface area contributed by atoms with Crippen LogP contribution in [0.4, 0.5) is 5.69 Å². The lowest BCUT2D eigenvalue weighted by Crippen LogP contribution is -2.34. The van der Waals surface area contributed by atoms with Crippen LogP contribution in [0.5, 0.6) is 5.75 Å². The van der Waals surface area contributed by atoms with E-state index in [1.807, 2.05) is 55.5 Å². The Labute approximate surface area is 138 Å². The lowest BCUT2D eigenvalue weighted by Gasteiger charge is -2.22.